The summed E-state index contributed by atoms with van der Waals surface area (Å²) in [6.07, 6.45) is 0. The van der Waals surface area contributed by atoms with Gasteiger partial charge in [-0.2, -0.15) is 0 Å². The third-order valence-electron chi connectivity index (χ3n) is 18.0. The number of hydrogen-bond acceptors (Lipinski definition) is 6. The van der Waals surface area contributed by atoms with Crippen molar-refractivity contribution in [3.05, 3.63) is 326 Å². The highest BCUT2D eigenvalue weighted by molar-refractivity contribution is 7.03. The van der Waals surface area contributed by atoms with E-state index in [9.17, 15) is 0 Å². The molecule has 0 amide bonds. The van der Waals surface area contributed by atoms with Crippen molar-refractivity contribution in [1.82, 2.24) is 0 Å². The van der Waals surface area contributed by atoms with Crippen LogP contribution < -0.4 is 62.2 Å². The summed E-state index contributed by atoms with van der Waals surface area (Å²) < 4.78 is 127. The Balaban J connectivity index is 1.00. The smallest absolute Gasteiger partial charge is 0.252 e. The van der Waals surface area contributed by atoms with Crippen LogP contribution in [0, 0.1) is 46.5 Å². The summed E-state index contributed by atoms with van der Waals surface area (Å²) in [6.45, 7) is -1.24. The molecule has 17 rings (SSSR count). The topological polar surface area (TPSA) is 19.4 Å². The Hall–Kier alpha value is -11.8. The van der Waals surface area contributed by atoms with Crippen molar-refractivity contribution in [2.24, 2.45) is 0 Å². The SMILES string of the molecule is Fc1cc(F)cc(N(c2ccccc2)c2cc3c4c(c2)N(c2ccccc2)c2cc5c(cc2B4c2ccccc2N3c2cc(F)cc(F)c2)B2c3ccccc3N(c3cc(F)cc(F)c3)c3cc(N(c4ccccc4)c4cc(F)cc(F)c4)cc(c32)N5c2ccccc2)c1. The molecule has 0 radical (unpaired) electrons. The van der Waals surface area contributed by atoms with E-state index in [2.05, 4.69) is 21.9 Å². The van der Waals surface area contributed by atoms with E-state index >= 15 is 35.1 Å². The van der Waals surface area contributed by atoms with Crippen molar-refractivity contribution in [1.29, 1.82) is 0 Å². The molecule has 0 unspecified atom stereocenters. The Kier molecular flexibility index (Phi) is 13.1. The standard InChI is InChI=1S/C78H46B2F8N6/c81-47-29-48(82)34-59(33-47)89(55-17-5-1-6-18-55)63-41-73-77-75(43-63)93(61-37-51(85)31-52(86)38-61)69-27-15-13-25-65(69)79(77)67-45-68-72(46-71(67)91(73)57-21-9-3-10-22-57)92(58-23-11-4-12-24-58)74-42-64(90(56-19-7-2-8-20-56)60-35-49(83)30-50(84)36-60)44-76-78(74)80(68)66-26-14-16-28-70(66)94(76)62-39-53(87)32-54(88)40-62/h1-46H. The molecule has 0 aromatic heterocycles. The first-order chi connectivity index (χ1) is 45.9. The zero-order valence-corrected chi connectivity index (χ0v) is 49.4. The lowest BCUT2D eigenvalue weighted by Crippen LogP contribution is -2.65. The molecular formula is C78H46B2F8N6. The van der Waals surface area contributed by atoms with Crippen LogP contribution in [0.25, 0.3) is 0 Å². The van der Waals surface area contributed by atoms with Crippen molar-refractivity contribution in [3.8, 4) is 0 Å². The number of nitrogens with zero attached hydrogens (tertiary/aromatic N) is 6. The number of fused-ring (bicyclic) bond motifs is 8. The molecule has 16 heteroatoms. The van der Waals surface area contributed by atoms with Crippen LogP contribution in [0.15, 0.2) is 279 Å². The zero-order valence-electron chi connectivity index (χ0n) is 49.4. The maximum absolute atomic E-state index is 16.0. The van der Waals surface area contributed by atoms with E-state index in [1.165, 1.54) is 48.5 Å². The van der Waals surface area contributed by atoms with Gasteiger partial charge in [0.25, 0.3) is 13.4 Å². The van der Waals surface area contributed by atoms with Crippen LogP contribution in [0.4, 0.5) is 137 Å². The van der Waals surface area contributed by atoms with Gasteiger partial charge >= 0.3 is 0 Å². The van der Waals surface area contributed by atoms with Crippen molar-refractivity contribution in [2.75, 3.05) is 29.4 Å². The summed E-state index contributed by atoms with van der Waals surface area (Å²) in [5, 5.41) is 0. The summed E-state index contributed by atoms with van der Waals surface area (Å²) in [5.41, 5.74) is 14.0. The van der Waals surface area contributed by atoms with E-state index in [-0.39, 0.29) is 22.7 Å². The third kappa shape index (κ3) is 9.18. The van der Waals surface area contributed by atoms with Crippen LogP contribution in [0.3, 0.4) is 0 Å². The summed E-state index contributed by atoms with van der Waals surface area (Å²) in [4.78, 5) is 11.5. The van der Waals surface area contributed by atoms with Crippen molar-refractivity contribution in [3.63, 3.8) is 0 Å². The lowest BCUT2D eigenvalue weighted by atomic mass is 9.30. The number of rotatable bonds is 10. The van der Waals surface area contributed by atoms with Gasteiger partial charge in [0.1, 0.15) is 46.5 Å². The number of benzene rings is 13. The largest absolute Gasteiger partial charge is 0.311 e. The van der Waals surface area contributed by atoms with E-state index in [1.54, 1.807) is 9.80 Å². The number of hydrogen-bond donors (Lipinski definition) is 0. The second kappa shape index (κ2) is 22.0. The molecule has 4 heterocycles. The molecule has 4 aliphatic heterocycles. The predicted molar refractivity (Wildman–Crippen MR) is 364 cm³/mol. The molecular weight excluding hydrogens is 1190 g/mol. The minimum absolute atomic E-state index is 0.168. The second-order valence-electron chi connectivity index (χ2n) is 23.6. The average molecular weight is 1240 g/mol. The lowest BCUT2D eigenvalue weighted by Gasteiger charge is -2.47. The van der Waals surface area contributed by atoms with Crippen molar-refractivity contribution >= 4 is 149 Å². The fourth-order valence-electron chi connectivity index (χ4n) is 14.6. The minimum atomic E-state index is -0.804. The summed E-state index contributed by atoms with van der Waals surface area (Å²) in [7, 11) is 0. The van der Waals surface area contributed by atoms with Gasteiger partial charge in [0.05, 0.1) is 34.1 Å². The van der Waals surface area contributed by atoms with Crippen LogP contribution in [-0.4, -0.2) is 13.4 Å². The first-order valence-corrected chi connectivity index (χ1v) is 30.5. The van der Waals surface area contributed by atoms with Crippen LogP contribution in [0.5, 0.6) is 0 Å². The quantitative estimate of drug-likeness (QED) is 0.0997. The highest BCUT2D eigenvalue weighted by Crippen LogP contribution is 2.53. The molecule has 94 heavy (non-hydrogen) atoms. The Morgan fingerprint density at radius 3 is 0.819 bits per heavy atom. The average Bonchev–Trinajstić information content (AvgIpc) is 0.685. The maximum Gasteiger partial charge on any atom is 0.252 e. The molecule has 0 bridgehead atoms. The van der Waals surface area contributed by atoms with Gasteiger partial charge < -0.3 is 29.4 Å². The summed E-state index contributed by atoms with van der Waals surface area (Å²) >= 11 is 0. The fraction of sp³-hybridized carbons (Fsp3) is 0. The second-order valence-corrected chi connectivity index (χ2v) is 23.6. The molecule has 0 saturated carbocycles. The monoisotopic (exact) mass is 1240 g/mol. The minimum Gasteiger partial charge on any atom is -0.311 e. The van der Waals surface area contributed by atoms with Gasteiger partial charge in [-0.3, -0.25) is 0 Å². The molecule has 0 aliphatic carbocycles. The highest BCUT2D eigenvalue weighted by atomic mass is 19.2. The molecule has 0 saturated heterocycles. The Bertz CT molecular complexity index is 4820. The summed E-state index contributed by atoms with van der Waals surface area (Å²) in [6, 6.07) is 79.1. The van der Waals surface area contributed by atoms with E-state index in [4.69, 9.17) is 0 Å². The molecule has 0 atom stereocenters. The first-order valence-electron chi connectivity index (χ1n) is 30.5. The van der Waals surface area contributed by atoms with Gasteiger partial charge in [-0.25, -0.2) is 35.1 Å². The molecule has 6 nitrogen and oxygen atoms in total. The fourth-order valence-corrected chi connectivity index (χ4v) is 14.6. The predicted octanol–water partition coefficient (Wildman–Crippen LogP) is 17.9. The van der Waals surface area contributed by atoms with Crippen LogP contribution >= 0.6 is 0 Å². The number of anilines is 18. The van der Waals surface area contributed by atoms with Gasteiger partial charge in [0.15, 0.2) is 0 Å². The maximum atomic E-state index is 16.0. The van der Waals surface area contributed by atoms with Crippen LogP contribution in [-0.2, 0) is 0 Å². The van der Waals surface area contributed by atoms with Gasteiger partial charge in [-0.05, 0) is 172 Å². The van der Waals surface area contributed by atoms with E-state index in [0.717, 1.165) is 79.8 Å². The third-order valence-corrected chi connectivity index (χ3v) is 18.0. The van der Waals surface area contributed by atoms with Gasteiger partial charge in [-0.1, -0.05) is 115 Å². The van der Waals surface area contributed by atoms with Gasteiger partial charge in [-0.15, -0.1) is 0 Å². The molecule has 4 aliphatic rings. The Labute approximate surface area is 536 Å². The van der Waals surface area contributed by atoms with Gasteiger partial charge in [0, 0.05) is 92.5 Å². The Morgan fingerprint density at radius 1 is 0.202 bits per heavy atom. The molecule has 0 fully saturated rings. The van der Waals surface area contributed by atoms with Crippen molar-refractivity contribution in [2.45, 2.75) is 0 Å². The van der Waals surface area contributed by atoms with E-state index in [1.807, 2.05) is 204 Å². The normalized spacial score (nSPS) is 13.0. The highest BCUT2D eigenvalue weighted by Gasteiger charge is 2.49. The molecule has 450 valence electrons. The first kappa shape index (κ1) is 56.2. The van der Waals surface area contributed by atoms with E-state index in [0.29, 0.717) is 56.9 Å². The van der Waals surface area contributed by atoms with Gasteiger partial charge in [0.2, 0.25) is 0 Å². The van der Waals surface area contributed by atoms with Crippen molar-refractivity contribution < 1.29 is 35.1 Å². The molecule has 0 N–H and O–H groups in total. The lowest BCUT2D eigenvalue weighted by molar-refractivity contribution is 0.583. The number of para-hydroxylation sites is 6. The van der Waals surface area contributed by atoms with Crippen LogP contribution in [0.1, 0.15) is 0 Å². The molecule has 13 aromatic carbocycles. The zero-order chi connectivity index (χ0) is 63.6. The molecule has 13 aromatic rings. The summed E-state index contributed by atoms with van der Waals surface area (Å²) in [5.74, 6) is -6.43. The van der Waals surface area contributed by atoms with Crippen LogP contribution in [0.2, 0.25) is 0 Å². The van der Waals surface area contributed by atoms with E-state index < -0.39 is 60.0 Å². The Morgan fingerprint density at radius 2 is 0.479 bits per heavy atom. The molecule has 0 spiro atoms. The number of halogens is 8.